The van der Waals surface area contributed by atoms with Crippen molar-refractivity contribution in [3.05, 3.63) is 12.7 Å². The van der Waals surface area contributed by atoms with Gasteiger partial charge in [0.15, 0.2) is 22.8 Å². The fourth-order valence-corrected chi connectivity index (χ4v) is 10.6. The van der Waals surface area contributed by atoms with Gasteiger partial charge in [0.05, 0.1) is 25.6 Å². The molecule has 3 heterocycles. The number of nitrogen functional groups attached to an aromatic ring is 1. The molecule has 8 atom stereocenters. The summed E-state index contributed by atoms with van der Waals surface area (Å²) in [6.45, 7) is 2.63. The summed E-state index contributed by atoms with van der Waals surface area (Å²) in [4.78, 5) is 88.4. The predicted octanol–water partition coefficient (Wildman–Crippen LogP) is 3.90. The van der Waals surface area contributed by atoms with E-state index in [0.29, 0.717) is 6.42 Å². The van der Waals surface area contributed by atoms with Crippen LogP contribution < -0.4 is 16.4 Å². The molecule has 11 N–H and O–H groups in total. The van der Waals surface area contributed by atoms with Crippen LogP contribution in [0.4, 0.5) is 5.82 Å². The largest absolute Gasteiger partial charge is 0.481 e. The maximum Gasteiger partial charge on any atom is 0.481 e. The van der Waals surface area contributed by atoms with Crippen molar-refractivity contribution in [2.45, 2.75) is 160 Å². The number of nitrogens with one attached hydrogen (secondary N) is 2. The average Bonchev–Trinajstić information content (AvgIpc) is 3.82. The summed E-state index contributed by atoms with van der Waals surface area (Å²) in [7, 11) is -16.4. The zero-order valence-corrected chi connectivity index (χ0v) is 42.2. The van der Waals surface area contributed by atoms with Gasteiger partial charge in [0.25, 0.3) is 0 Å². The van der Waals surface area contributed by atoms with Gasteiger partial charge in [-0.1, -0.05) is 116 Å². The van der Waals surface area contributed by atoms with Crippen LogP contribution in [0, 0.1) is 5.41 Å². The number of thioether (sulfide) groups is 1. The SMILES string of the molecule is CCCCCCCCCCCCCCCC(O)CC(=O)SCCNC(=O)CCNC(=O)C(O)C(C)(C)COP(=O)(O)OP(=O)(O)OC[C@H]1O[C@@H](n2cnc3c(N)ncnc32)[C@H](O)[C@@H]1OP(=O)(O)O. The van der Waals surface area contributed by atoms with Crippen LogP contribution in [-0.2, 0) is 50.7 Å². The molecule has 0 saturated carbocycles. The summed E-state index contributed by atoms with van der Waals surface area (Å²) in [5, 5.41) is 36.6. The number of hydrogen-bond donors (Lipinski definition) is 10. The molecule has 68 heavy (non-hydrogen) atoms. The number of unbranched alkanes of at least 4 members (excludes halogenated alkanes) is 12. The van der Waals surface area contributed by atoms with E-state index in [1.807, 2.05) is 0 Å². The summed E-state index contributed by atoms with van der Waals surface area (Å²) >= 11 is 1.00. The maximum absolute atomic E-state index is 12.7. The molecule has 2 amide bonds. The number of ether oxygens (including phenoxy) is 1. The van der Waals surface area contributed by atoms with Gasteiger partial charge in [-0.25, -0.2) is 28.6 Å². The van der Waals surface area contributed by atoms with E-state index in [1.165, 1.54) is 78.1 Å². The van der Waals surface area contributed by atoms with Crippen LogP contribution in [0.2, 0.25) is 0 Å². The van der Waals surface area contributed by atoms with E-state index in [9.17, 15) is 63.0 Å². The van der Waals surface area contributed by atoms with E-state index in [1.54, 1.807) is 0 Å². The minimum absolute atomic E-state index is 0.0265. The normalized spacial score (nSPS) is 20.4. The number of amides is 2. The lowest BCUT2D eigenvalue weighted by Crippen LogP contribution is -2.46. The first kappa shape index (κ1) is 59.8. The molecule has 3 rings (SSSR count). The van der Waals surface area contributed by atoms with Gasteiger partial charge in [-0.15, -0.1) is 0 Å². The summed E-state index contributed by atoms with van der Waals surface area (Å²) in [5.74, 6) is -1.21. The Balaban J connectivity index is 1.31. The highest BCUT2D eigenvalue weighted by molar-refractivity contribution is 8.13. The maximum atomic E-state index is 12.7. The van der Waals surface area contributed by atoms with E-state index in [2.05, 4.69) is 41.3 Å². The van der Waals surface area contributed by atoms with E-state index < -0.39 is 90.7 Å². The Hall–Kier alpha value is -2.48. The van der Waals surface area contributed by atoms with Crippen molar-refractivity contribution in [1.29, 1.82) is 0 Å². The van der Waals surface area contributed by atoms with Crippen LogP contribution in [0.25, 0.3) is 11.2 Å². The molecule has 0 radical (unpaired) electrons. The third-order valence-corrected chi connectivity index (χ3v) is 14.8. The second-order valence-electron chi connectivity index (χ2n) is 17.2. The van der Waals surface area contributed by atoms with Crippen LogP contribution in [0.15, 0.2) is 12.7 Å². The average molecular weight is 1050 g/mol. The minimum Gasteiger partial charge on any atom is -0.393 e. The van der Waals surface area contributed by atoms with E-state index in [0.717, 1.165) is 48.2 Å². The van der Waals surface area contributed by atoms with Crippen molar-refractivity contribution in [2.75, 3.05) is 37.8 Å². The van der Waals surface area contributed by atoms with Gasteiger partial charge < -0.3 is 56.0 Å². The number of hydrogen-bond acceptors (Lipinski definition) is 19. The molecule has 1 aliphatic rings. The zero-order chi connectivity index (χ0) is 50.5. The Morgan fingerprint density at radius 3 is 2.10 bits per heavy atom. The molecule has 2 aromatic heterocycles. The summed E-state index contributed by atoms with van der Waals surface area (Å²) in [6.07, 6.45) is 8.81. The number of anilines is 1. The first-order chi connectivity index (χ1) is 31.9. The number of carbonyl (C=O) groups excluding carboxylic acids is 3. The van der Waals surface area contributed by atoms with Crippen molar-refractivity contribution in [3.63, 3.8) is 0 Å². The van der Waals surface area contributed by atoms with Gasteiger partial charge in [-0.2, -0.15) is 4.31 Å². The van der Waals surface area contributed by atoms with Gasteiger partial charge in [0.2, 0.25) is 11.8 Å². The van der Waals surface area contributed by atoms with Crippen molar-refractivity contribution in [2.24, 2.45) is 5.41 Å². The summed E-state index contributed by atoms with van der Waals surface area (Å²) < 4.78 is 62.4. The quantitative estimate of drug-likeness (QED) is 0.0346. The lowest BCUT2D eigenvalue weighted by molar-refractivity contribution is -0.137. The van der Waals surface area contributed by atoms with E-state index in [4.69, 9.17) is 19.5 Å². The Kier molecular flexibility index (Phi) is 25.6. The molecule has 1 aliphatic heterocycles. The molecule has 25 nitrogen and oxygen atoms in total. The van der Waals surface area contributed by atoms with Gasteiger partial charge in [-0.3, -0.25) is 32.5 Å². The van der Waals surface area contributed by atoms with Crippen molar-refractivity contribution >= 4 is 69.1 Å². The third-order valence-electron chi connectivity index (χ3n) is 10.8. The number of carbonyl (C=O) groups is 3. The molecule has 0 bridgehead atoms. The van der Waals surface area contributed by atoms with E-state index >= 15 is 0 Å². The second kappa shape index (κ2) is 29.1. The molecular weight excluding hydrogens is 979 g/mol. The van der Waals surface area contributed by atoms with Crippen LogP contribution in [-0.4, -0.2) is 134 Å². The lowest BCUT2D eigenvalue weighted by atomic mass is 9.87. The van der Waals surface area contributed by atoms with E-state index in [-0.39, 0.29) is 53.8 Å². The minimum atomic E-state index is -5.59. The monoisotopic (exact) mass is 1050 g/mol. The molecule has 1 saturated heterocycles. The fourth-order valence-electron chi connectivity index (χ4n) is 7.05. The summed E-state index contributed by atoms with van der Waals surface area (Å²) in [5.41, 5.74) is 4.26. The van der Waals surface area contributed by atoms with Crippen LogP contribution >= 0.6 is 35.2 Å². The molecule has 4 unspecified atom stereocenters. The highest BCUT2D eigenvalue weighted by atomic mass is 32.2. The molecule has 0 aromatic carbocycles. The molecule has 2 aromatic rings. The van der Waals surface area contributed by atoms with Crippen molar-refractivity contribution < 1.29 is 85.6 Å². The van der Waals surface area contributed by atoms with Gasteiger partial charge in [0.1, 0.15) is 36.3 Å². The van der Waals surface area contributed by atoms with Gasteiger partial charge >= 0.3 is 23.5 Å². The third kappa shape index (κ3) is 21.9. The van der Waals surface area contributed by atoms with Crippen LogP contribution in [0.1, 0.15) is 130 Å². The second-order valence-corrected chi connectivity index (χ2v) is 22.6. The number of nitrogens with two attached hydrogens (primary N) is 1. The Morgan fingerprint density at radius 2 is 1.49 bits per heavy atom. The zero-order valence-electron chi connectivity index (χ0n) is 38.7. The molecule has 390 valence electrons. The number of imidazole rings is 1. The molecule has 1 fully saturated rings. The standard InChI is InChI=1S/C39H70N7O18P3S/c1-4-5-6-7-8-9-10-11-12-13-14-15-16-17-27(47)22-30(49)68-21-20-41-29(48)18-19-42-37(52)34(51)39(2,3)24-61-67(58,59)64-66(56,57)60-23-28-33(63-65(53,54)55)32(50)38(62-28)46-26-45-31-35(40)43-25-44-36(31)46/h25-28,32-34,38,47,50-51H,4-24H2,1-3H3,(H,41,48)(H,42,52)(H,56,57)(H,58,59)(H2,40,43,44)(H2,53,54,55)/t27?,28-,32-,33-,34?,38-/m1/s1. The van der Waals surface area contributed by atoms with Gasteiger partial charge in [-0.05, 0) is 6.42 Å². The van der Waals surface area contributed by atoms with Crippen molar-refractivity contribution in [1.82, 2.24) is 30.2 Å². The number of phosphoric acid groups is 3. The highest BCUT2D eigenvalue weighted by Crippen LogP contribution is 2.61. The smallest absolute Gasteiger partial charge is 0.393 e. The van der Waals surface area contributed by atoms with Crippen LogP contribution in [0.5, 0.6) is 0 Å². The number of aliphatic hydroxyl groups excluding tert-OH is 3. The number of aromatic nitrogens is 4. The Labute approximate surface area is 399 Å². The molecular formula is C39H70N7O18P3S. The molecule has 0 spiro atoms. The number of nitrogens with zero attached hydrogens (tertiary/aromatic N) is 4. The summed E-state index contributed by atoms with van der Waals surface area (Å²) in [6, 6.07) is 0. The predicted molar refractivity (Wildman–Crippen MR) is 248 cm³/mol. The highest BCUT2D eigenvalue weighted by Gasteiger charge is 2.50. The number of phosphoric ester groups is 3. The number of rotatable bonds is 35. The Bertz CT molecular complexity index is 2030. The van der Waals surface area contributed by atoms with Crippen molar-refractivity contribution in [3.8, 4) is 0 Å². The fraction of sp³-hybridized carbons (Fsp3) is 0.795. The number of fused-ring (bicyclic) bond motifs is 1. The lowest BCUT2D eigenvalue weighted by Gasteiger charge is -2.30. The first-order valence-electron chi connectivity index (χ1n) is 22.7. The topological polar surface area (TPSA) is 384 Å². The number of aliphatic hydroxyl groups is 3. The van der Waals surface area contributed by atoms with Crippen LogP contribution in [0.3, 0.4) is 0 Å². The Morgan fingerprint density at radius 1 is 0.882 bits per heavy atom. The molecule has 29 heteroatoms. The van der Waals surface area contributed by atoms with Gasteiger partial charge in [0, 0.05) is 37.1 Å². The first-order valence-corrected chi connectivity index (χ1v) is 28.2. The molecule has 0 aliphatic carbocycles.